The Morgan fingerprint density at radius 1 is 1.29 bits per heavy atom. The fourth-order valence-corrected chi connectivity index (χ4v) is 2.14. The lowest BCUT2D eigenvalue weighted by Gasteiger charge is -1.99. The maximum Gasteiger partial charge on any atom is 0.176 e. The highest BCUT2D eigenvalue weighted by molar-refractivity contribution is 7.98. The molecule has 1 aromatic carbocycles. The molecule has 0 amide bonds. The van der Waals surface area contributed by atoms with E-state index in [0.29, 0.717) is 12.4 Å². The van der Waals surface area contributed by atoms with Crippen molar-refractivity contribution in [3.8, 4) is 0 Å². The molecule has 0 saturated heterocycles. The number of hydrogen-bond acceptors (Lipinski definition) is 4. The van der Waals surface area contributed by atoms with E-state index in [9.17, 15) is 0 Å². The van der Waals surface area contributed by atoms with Crippen LogP contribution in [0.3, 0.4) is 0 Å². The highest BCUT2D eigenvalue weighted by atomic mass is 32.2. The van der Waals surface area contributed by atoms with Crippen molar-refractivity contribution in [1.82, 2.24) is 15.2 Å². The first-order valence-electron chi connectivity index (χ1n) is 5.36. The van der Waals surface area contributed by atoms with Crippen LogP contribution < -0.4 is 0 Å². The molecular formula is C12H15N3OS. The summed E-state index contributed by atoms with van der Waals surface area (Å²) >= 11 is 1.74. The second-order valence-electron chi connectivity index (χ2n) is 3.73. The van der Waals surface area contributed by atoms with Crippen molar-refractivity contribution in [2.24, 2.45) is 0 Å². The Morgan fingerprint density at radius 3 is 2.76 bits per heavy atom. The minimum absolute atomic E-state index is 0.450. The number of ether oxygens (including phenoxy) is 1. The predicted molar refractivity (Wildman–Crippen MR) is 67.8 cm³/mol. The van der Waals surface area contributed by atoms with E-state index < -0.39 is 0 Å². The van der Waals surface area contributed by atoms with Crippen molar-refractivity contribution in [3.63, 3.8) is 0 Å². The van der Waals surface area contributed by atoms with Gasteiger partial charge in [0.05, 0.1) is 5.75 Å². The Hall–Kier alpha value is -1.33. The van der Waals surface area contributed by atoms with E-state index in [0.717, 1.165) is 11.6 Å². The van der Waals surface area contributed by atoms with Crippen LogP contribution in [-0.4, -0.2) is 22.3 Å². The molecule has 5 heteroatoms. The van der Waals surface area contributed by atoms with Crippen LogP contribution in [0.5, 0.6) is 0 Å². The number of H-pyrrole nitrogens is 1. The number of benzene rings is 1. The number of methoxy groups -OCH3 is 1. The van der Waals surface area contributed by atoms with E-state index in [4.69, 9.17) is 4.74 Å². The SMILES string of the molecule is COCc1n[nH]c(CSc2ccc(C)cc2)n1. The van der Waals surface area contributed by atoms with Gasteiger partial charge in [-0.05, 0) is 19.1 Å². The molecule has 90 valence electrons. The minimum atomic E-state index is 0.450. The van der Waals surface area contributed by atoms with Gasteiger partial charge in [0, 0.05) is 12.0 Å². The molecule has 0 spiro atoms. The second kappa shape index (κ2) is 5.84. The lowest BCUT2D eigenvalue weighted by Crippen LogP contribution is -1.90. The third kappa shape index (κ3) is 3.57. The summed E-state index contributed by atoms with van der Waals surface area (Å²) in [6.45, 7) is 2.54. The van der Waals surface area contributed by atoms with Gasteiger partial charge in [0.25, 0.3) is 0 Å². The van der Waals surface area contributed by atoms with Crippen LogP contribution in [-0.2, 0) is 17.1 Å². The smallest absolute Gasteiger partial charge is 0.176 e. The molecule has 2 rings (SSSR count). The summed E-state index contributed by atoms with van der Waals surface area (Å²) in [4.78, 5) is 5.56. The highest BCUT2D eigenvalue weighted by Crippen LogP contribution is 2.21. The van der Waals surface area contributed by atoms with Gasteiger partial charge in [0.15, 0.2) is 5.82 Å². The number of nitrogens with zero attached hydrogens (tertiary/aromatic N) is 2. The molecule has 0 radical (unpaired) electrons. The summed E-state index contributed by atoms with van der Waals surface area (Å²) in [6, 6.07) is 8.46. The minimum Gasteiger partial charge on any atom is -0.377 e. The summed E-state index contributed by atoms with van der Waals surface area (Å²) in [6.07, 6.45) is 0. The summed E-state index contributed by atoms with van der Waals surface area (Å²) in [5.41, 5.74) is 1.27. The molecule has 0 aliphatic rings. The summed E-state index contributed by atoms with van der Waals surface area (Å²) in [5, 5.41) is 6.97. The van der Waals surface area contributed by atoms with Crippen LogP contribution in [0, 0.1) is 6.92 Å². The van der Waals surface area contributed by atoms with Crippen molar-refractivity contribution < 1.29 is 4.74 Å². The standard InChI is InChI=1S/C12H15N3OS/c1-9-3-5-10(6-4-9)17-8-12-13-11(7-16-2)14-15-12/h3-6H,7-8H2,1-2H3,(H,13,14,15). The molecule has 0 atom stereocenters. The molecule has 0 saturated carbocycles. The number of hydrogen-bond donors (Lipinski definition) is 1. The fourth-order valence-electron chi connectivity index (χ4n) is 1.38. The molecule has 2 aromatic rings. The van der Waals surface area contributed by atoms with E-state index in [2.05, 4.69) is 46.4 Å². The lowest BCUT2D eigenvalue weighted by atomic mass is 10.2. The molecule has 0 aliphatic carbocycles. The van der Waals surface area contributed by atoms with Crippen molar-refractivity contribution in [3.05, 3.63) is 41.5 Å². The van der Waals surface area contributed by atoms with Gasteiger partial charge in [-0.15, -0.1) is 11.8 Å². The third-order valence-corrected chi connectivity index (χ3v) is 3.27. The third-order valence-electron chi connectivity index (χ3n) is 2.25. The summed E-state index contributed by atoms with van der Waals surface area (Å²) in [7, 11) is 1.64. The van der Waals surface area contributed by atoms with Gasteiger partial charge in [-0.2, -0.15) is 5.10 Å². The second-order valence-corrected chi connectivity index (χ2v) is 4.78. The molecule has 1 heterocycles. The molecule has 1 N–H and O–H groups in total. The maximum absolute atomic E-state index is 4.97. The van der Waals surface area contributed by atoms with Crippen molar-refractivity contribution in [1.29, 1.82) is 0 Å². The Labute approximate surface area is 105 Å². The number of aryl methyl sites for hydroxylation is 1. The molecule has 1 aromatic heterocycles. The number of nitrogens with one attached hydrogen (secondary N) is 1. The van der Waals surface area contributed by atoms with E-state index in [1.807, 2.05) is 0 Å². The van der Waals surface area contributed by atoms with Crippen molar-refractivity contribution in [2.45, 2.75) is 24.2 Å². The first-order chi connectivity index (χ1) is 8.28. The van der Waals surface area contributed by atoms with Crippen LogP contribution in [0.1, 0.15) is 17.2 Å². The van der Waals surface area contributed by atoms with E-state index in [-0.39, 0.29) is 0 Å². The monoisotopic (exact) mass is 249 g/mol. The summed E-state index contributed by atoms with van der Waals surface area (Å²) in [5.74, 6) is 2.37. The Bertz CT molecular complexity index is 467. The number of rotatable bonds is 5. The van der Waals surface area contributed by atoms with Gasteiger partial charge < -0.3 is 4.74 Å². The molecule has 0 fully saturated rings. The molecule has 0 aliphatic heterocycles. The Kier molecular flexibility index (Phi) is 4.17. The Morgan fingerprint density at radius 2 is 2.06 bits per heavy atom. The van der Waals surface area contributed by atoms with Crippen LogP contribution >= 0.6 is 11.8 Å². The topological polar surface area (TPSA) is 50.8 Å². The predicted octanol–water partition coefficient (Wildman–Crippen LogP) is 2.55. The fraction of sp³-hybridized carbons (Fsp3) is 0.333. The highest BCUT2D eigenvalue weighted by Gasteiger charge is 2.03. The first-order valence-corrected chi connectivity index (χ1v) is 6.35. The summed E-state index contributed by atoms with van der Waals surface area (Å²) < 4.78 is 4.97. The average Bonchev–Trinajstić information content (AvgIpc) is 2.77. The number of aromatic amines is 1. The van der Waals surface area contributed by atoms with Gasteiger partial charge in [-0.1, -0.05) is 17.7 Å². The van der Waals surface area contributed by atoms with E-state index >= 15 is 0 Å². The quantitative estimate of drug-likeness (QED) is 0.827. The zero-order valence-electron chi connectivity index (χ0n) is 9.93. The lowest BCUT2D eigenvalue weighted by molar-refractivity contribution is 0.178. The average molecular weight is 249 g/mol. The molecule has 0 bridgehead atoms. The molecular weight excluding hydrogens is 234 g/mol. The van der Waals surface area contributed by atoms with Crippen LogP contribution in [0.4, 0.5) is 0 Å². The van der Waals surface area contributed by atoms with Crippen molar-refractivity contribution in [2.75, 3.05) is 7.11 Å². The van der Waals surface area contributed by atoms with Gasteiger partial charge in [0.2, 0.25) is 0 Å². The first kappa shape index (κ1) is 12.1. The maximum atomic E-state index is 4.97. The van der Waals surface area contributed by atoms with Crippen molar-refractivity contribution >= 4 is 11.8 Å². The van der Waals surface area contributed by atoms with Gasteiger partial charge in [0.1, 0.15) is 12.4 Å². The normalized spacial score (nSPS) is 10.7. The van der Waals surface area contributed by atoms with Gasteiger partial charge in [-0.3, -0.25) is 5.10 Å². The number of aromatic nitrogens is 3. The van der Waals surface area contributed by atoms with E-state index in [1.54, 1.807) is 18.9 Å². The largest absolute Gasteiger partial charge is 0.377 e. The van der Waals surface area contributed by atoms with E-state index in [1.165, 1.54) is 10.5 Å². The molecule has 17 heavy (non-hydrogen) atoms. The Balaban J connectivity index is 1.90. The zero-order valence-corrected chi connectivity index (χ0v) is 10.8. The molecule has 4 nitrogen and oxygen atoms in total. The van der Waals surface area contributed by atoms with Crippen LogP contribution in [0.15, 0.2) is 29.2 Å². The van der Waals surface area contributed by atoms with Gasteiger partial charge >= 0.3 is 0 Å². The number of thioether (sulfide) groups is 1. The van der Waals surface area contributed by atoms with Crippen LogP contribution in [0.25, 0.3) is 0 Å². The zero-order chi connectivity index (χ0) is 12.1. The molecule has 0 unspecified atom stereocenters. The van der Waals surface area contributed by atoms with Gasteiger partial charge in [-0.25, -0.2) is 4.98 Å². The van der Waals surface area contributed by atoms with Crippen LogP contribution in [0.2, 0.25) is 0 Å².